The number of ether oxygens (including phenoxy) is 1. The molecule has 2 rings (SSSR count). The highest BCUT2D eigenvalue weighted by molar-refractivity contribution is 5.31. The lowest BCUT2D eigenvalue weighted by atomic mass is 10.1. The molecule has 1 aliphatic rings. The van der Waals surface area contributed by atoms with Crippen molar-refractivity contribution >= 4 is 0 Å². The lowest BCUT2D eigenvalue weighted by Crippen LogP contribution is -2.31. The van der Waals surface area contributed by atoms with Gasteiger partial charge in [0.05, 0.1) is 13.7 Å². The van der Waals surface area contributed by atoms with Gasteiger partial charge in [-0.05, 0) is 25.5 Å². The van der Waals surface area contributed by atoms with E-state index in [2.05, 4.69) is 4.90 Å². The number of aliphatic hydroxyl groups is 1. The van der Waals surface area contributed by atoms with Gasteiger partial charge >= 0.3 is 0 Å². The highest BCUT2D eigenvalue weighted by Gasteiger charge is 2.24. The molecule has 1 fully saturated rings. The molecule has 0 aliphatic carbocycles. The number of halogens is 1. The summed E-state index contributed by atoms with van der Waals surface area (Å²) >= 11 is 0. The maximum Gasteiger partial charge on any atom is 0.169 e. The zero-order chi connectivity index (χ0) is 12.3. The van der Waals surface area contributed by atoms with Gasteiger partial charge in [0.15, 0.2) is 11.6 Å². The van der Waals surface area contributed by atoms with E-state index < -0.39 is 0 Å². The maximum atomic E-state index is 13.9. The van der Waals surface area contributed by atoms with E-state index in [9.17, 15) is 9.50 Å². The first-order valence-corrected chi connectivity index (χ1v) is 5.92. The summed E-state index contributed by atoms with van der Waals surface area (Å²) in [6.07, 6.45) is 2.05. The third-order valence-corrected chi connectivity index (χ3v) is 3.35. The number of aliphatic hydroxyl groups excluding tert-OH is 1. The minimum absolute atomic E-state index is 0.144. The first-order valence-electron chi connectivity index (χ1n) is 5.92. The fourth-order valence-electron chi connectivity index (χ4n) is 2.36. The maximum absolute atomic E-state index is 13.9. The lowest BCUT2D eigenvalue weighted by molar-refractivity contribution is 0.152. The Morgan fingerprint density at radius 3 is 3.06 bits per heavy atom. The number of likely N-dealkylation sites (tertiary alicyclic amines) is 1. The van der Waals surface area contributed by atoms with Crippen molar-refractivity contribution in [3.63, 3.8) is 0 Å². The standard InChI is InChI=1S/C13H18FNO2/c1-17-12-6-2-4-10(13(12)14)8-15-7-3-5-11(15)9-16/h2,4,6,11,16H,3,5,7-9H2,1H3. The predicted octanol–water partition coefficient (Wildman–Crippen LogP) is 1.79. The molecule has 0 bridgehead atoms. The third kappa shape index (κ3) is 2.58. The molecule has 1 aromatic carbocycles. The Morgan fingerprint density at radius 1 is 1.53 bits per heavy atom. The van der Waals surface area contributed by atoms with Crippen molar-refractivity contribution in [1.29, 1.82) is 0 Å². The van der Waals surface area contributed by atoms with Crippen molar-refractivity contribution in [1.82, 2.24) is 4.90 Å². The van der Waals surface area contributed by atoms with Gasteiger partial charge in [0.2, 0.25) is 0 Å². The average molecular weight is 239 g/mol. The Bertz CT molecular complexity index is 384. The monoisotopic (exact) mass is 239 g/mol. The number of benzene rings is 1. The molecule has 1 unspecified atom stereocenters. The average Bonchev–Trinajstić information content (AvgIpc) is 2.79. The largest absolute Gasteiger partial charge is 0.494 e. The van der Waals surface area contributed by atoms with Crippen molar-refractivity contribution in [2.45, 2.75) is 25.4 Å². The number of hydrogen-bond donors (Lipinski definition) is 1. The Morgan fingerprint density at radius 2 is 2.35 bits per heavy atom. The normalized spacial score (nSPS) is 20.8. The minimum atomic E-state index is -0.293. The van der Waals surface area contributed by atoms with Gasteiger partial charge in [-0.1, -0.05) is 12.1 Å². The van der Waals surface area contributed by atoms with Crippen LogP contribution in [-0.4, -0.2) is 36.3 Å². The Balaban J connectivity index is 2.13. The fourth-order valence-corrected chi connectivity index (χ4v) is 2.36. The summed E-state index contributed by atoms with van der Waals surface area (Å²) in [5.41, 5.74) is 0.629. The van der Waals surface area contributed by atoms with Gasteiger partial charge in [0.1, 0.15) is 0 Å². The van der Waals surface area contributed by atoms with Gasteiger partial charge < -0.3 is 9.84 Å². The second-order valence-electron chi connectivity index (χ2n) is 4.38. The van der Waals surface area contributed by atoms with Gasteiger partial charge in [0, 0.05) is 18.2 Å². The zero-order valence-corrected chi connectivity index (χ0v) is 10.0. The van der Waals surface area contributed by atoms with Crippen LogP contribution in [-0.2, 0) is 6.54 Å². The number of methoxy groups -OCH3 is 1. The summed E-state index contributed by atoms with van der Waals surface area (Å²) in [7, 11) is 1.47. The second kappa shape index (κ2) is 5.47. The van der Waals surface area contributed by atoms with Gasteiger partial charge in [-0.2, -0.15) is 0 Å². The molecule has 0 saturated carbocycles. The van der Waals surface area contributed by atoms with Crippen molar-refractivity contribution in [3.8, 4) is 5.75 Å². The van der Waals surface area contributed by atoms with Crippen LogP contribution < -0.4 is 4.74 Å². The molecule has 1 aliphatic heterocycles. The summed E-state index contributed by atoms with van der Waals surface area (Å²) in [4.78, 5) is 2.12. The molecule has 1 N–H and O–H groups in total. The molecular weight excluding hydrogens is 221 g/mol. The molecule has 1 atom stereocenters. The Labute approximate surface area is 101 Å². The SMILES string of the molecule is COc1cccc(CN2CCCC2CO)c1F. The molecule has 4 heteroatoms. The van der Waals surface area contributed by atoms with E-state index in [1.165, 1.54) is 7.11 Å². The van der Waals surface area contributed by atoms with Gasteiger partial charge in [0.25, 0.3) is 0 Å². The van der Waals surface area contributed by atoms with E-state index in [0.29, 0.717) is 12.1 Å². The molecule has 94 valence electrons. The van der Waals surface area contributed by atoms with Crippen molar-refractivity contribution in [2.75, 3.05) is 20.3 Å². The molecule has 1 saturated heterocycles. The van der Waals surface area contributed by atoms with E-state index in [4.69, 9.17) is 4.74 Å². The molecule has 0 radical (unpaired) electrons. The van der Waals surface area contributed by atoms with Crippen LogP contribution in [0, 0.1) is 5.82 Å². The lowest BCUT2D eigenvalue weighted by Gasteiger charge is -2.23. The smallest absolute Gasteiger partial charge is 0.169 e. The van der Waals surface area contributed by atoms with E-state index in [-0.39, 0.29) is 24.2 Å². The predicted molar refractivity (Wildman–Crippen MR) is 63.5 cm³/mol. The van der Waals surface area contributed by atoms with Gasteiger partial charge in [-0.3, -0.25) is 4.90 Å². The number of rotatable bonds is 4. The first kappa shape index (κ1) is 12.3. The van der Waals surface area contributed by atoms with Crippen LogP contribution >= 0.6 is 0 Å². The highest BCUT2D eigenvalue weighted by atomic mass is 19.1. The molecule has 0 spiro atoms. The van der Waals surface area contributed by atoms with Crippen LogP contribution in [0.3, 0.4) is 0 Å². The molecule has 0 amide bonds. The summed E-state index contributed by atoms with van der Waals surface area (Å²) in [6.45, 7) is 1.60. The number of nitrogens with zero attached hydrogens (tertiary/aromatic N) is 1. The molecule has 1 heterocycles. The molecule has 3 nitrogen and oxygen atoms in total. The Kier molecular flexibility index (Phi) is 3.97. The molecule has 0 aromatic heterocycles. The van der Waals surface area contributed by atoms with Crippen LogP contribution in [0.2, 0.25) is 0 Å². The number of hydrogen-bond acceptors (Lipinski definition) is 3. The Hall–Kier alpha value is -1.13. The quantitative estimate of drug-likeness (QED) is 0.869. The third-order valence-electron chi connectivity index (χ3n) is 3.35. The summed E-state index contributed by atoms with van der Waals surface area (Å²) < 4.78 is 18.9. The first-order chi connectivity index (χ1) is 8.26. The van der Waals surface area contributed by atoms with Crippen LogP contribution in [0.5, 0.6) is 5.75 Å². The topological polar surface area (TPSA) is 32.7 Å². The zero-order valence-electron chi connectivity index (χ0n) is 10.0. The van der Waals surface area contributed by atoms with E-state index in [1.807, 2.05) is 0 Å². The van der Waals surface area contributed by atoms with Crippen LogP contribution in [0.25, 0.3) is 0 Å². The van der Waals surface area contributed by atoms with Crippen molar-refractivity contribution in [3.05, 3.63) is 29.6 Å². The van der Waals surface area contributed by atoms with Crippen LogP contribution in [0.4, 0.5) is 4.39 Å². The summed E-state index contributed by atoms with van der Waals surface area (Å²) in [6, 6.07) is 5.35. The van der Waals surface area contributed by atoms with Crippen molar-refractivity contribution in [2.24, 2.45) is 0 Å². The van der Waals surface area contributed by atoms with Crippen LogP contribution in [0.1, 0.15) is 18.4 Å². The summed E-state index contributed by atoms with van der Waals surface area (Å²) in [5, 5.41) is 9.22. The highest BCUT2D eigenvalue weighted by Crippen LogP contribution is 2.24. The van der Waals surface area contributed by atoms with Gasteiger partial charge in [-0.15, -0.1) is 0 Å². The minimum Gasteiger partial charge on any atom is -0.494 e. The molecule has 1 aromatic rings. The fraction of sp³-hybridized carbons (Fsp3) is 0.538. The molecular formula is C13H18FNO2. The molecule has 17 heavy (non-hydrogen) atoms. The summed E-state index contributed by atoms with van der Waals surface area (Å²) in [5.74, 6) is -0.0131. The van der Waals surface area contributed by atoms with Crippen LogP contribution in [0.15, 0.2) is 18.2 Å². The van der Waals surface area contributed by atoms with Crippen molar-refractivity contribution < 1.29 is 14.2 Å². The second-order valence-corrected chi connectivity index (χ2v) is 4.38. The van der Waals surface area contributed by atoms with E-state index >= 15 is 0 Å². The van der Waals surface area contributed by atoms with E-state index in [1.54, 1.807) is 18.2 Å². The van der Waals surface area contributed by atoms with Gasteiger partial charge in [-0.25, -0.2) is 4.39 Å². The van der Waals surface area contributed by atoms with E-state index in [0.717, 1.165) is 19.4 Å².